The Kier molecular flexibility index (Phi) is 4.06. The number of carbonyl (C=O) groups is 1. The Morgan fingerprint density at radius 1 is 1.36 bits per heavy atom. The first-order valence-electron chi connectivity index (χ1n) is 9.93. The van der Waals surface area contributed by atoms with Crippen LogP contribution in [0.15, 0.2) is 16.6 Å². The van der Waals surface area contributed by atoms with E-state index in [4.69, 9.17) is 5.10 Å². The molecule has 1 aromatic heterocycles. The van der Waals surface area contributed by atoms with Crippen molar-refractivity contribution in [2.75, 3.05) is 0 Å². The molecule has 1 N–H and O–H groups in total. The Hall–Kier alpha value is -2.46. The van der Waals surface area contributed by atoms with E-state index in [1.807, 2.05) is 43.0 Å². The zero-order chi connectivity index (χ0) is 20.4. The number of hydrogen-bond acceptors (Lipinski definition) is 6. The lowest BCUT2D eigenvalue weighted by atomic mass is 9.52. The first-order chi connectivity index (χ1) is 13.1. The molecule has 28 heavy (non-hydrogen) atoms. The highest BCUT2D eigenvalue weighted by Gasteiger charge is 2.55. The number of nitrogens with one attached hydrogen (secondary N) is 1. The van der Waals surface area contributed by atoms with Gasteiger partial charge in [0, 0.05) is 29.5 Å². The van der Waals surface area contributed by atoms with Crippen molar-refractivity contribution in [1.82, 2.24) is 20.2 Å². The van der Waals surface area contributed by atoms with Crippen LogP contribution in [0.2, 0.25) is 0 Å². The molecule has 0 radical (unpaired) electrons. The molecule has 7 heteroatoms. The van der Waals surface area contributed by atoms with E-state index in [9.17, 15) is 10.1 Å². The largest absolute Gasteiger partial charge is 0.294 e. The number of carbonyl (C=O) groups excluding carboxylic acids is 1. The van der Waals surface area contributed by atoms with E-state index in [2.05, 4.69) is 37.3 Å². The molecule has 148 valence electrons. The highest BCUT2D eigenvalue weighted by atomic mass is 16.1. The molecule has 0 saturated heterocycles. The molecular weight excluding hydrogens is 352 g/mol. The molecule has 2 aliphatic carbocycles. The summed E-state index contributed by atoms with van der Waals surface area (Å²) in [7, 11) is 1.95. The van der Waals surface area contributed by atoms with Gasteiger partial charge >= 0.3 is 0 Å². The van der Waals surface area contributed by atoms with Crippen molar-refractivity contribution in [2.45, 2.75) is 65.1 Å². The number of fused-ring (bicyclic) bond motifs is 3. The molecule has 1 aromatic rings. The molecule has 0 bridgehead atoms. The number of aryl methyl sites for hydroxylation is 1. The molecule has 0 saturated carbocycles. The number of rotatable bonds is 2. The van der Waals surface area contributed by atoms with E-state index < -0.39 is 10.8 Å². The van der Waals surface area contributed by atoms with Crippen LogP contribution in [-0.4, -0.2) is 33.0 Å². The monoisotopic (exact) mass is 380 g/mol. The molecule has 3 atom stereocenters. The Morgan fingerprint density at radius 2 is 2.07 bits per heavy atom. The standard InChI is InChI=1S/C21H28N6O/c1-12(2)27-11-23-19(25-27)16-14-7-8-15-20(3,4)18(28)13(10-22)9-21(15,5)17(14)24-26(16)6/h9,11-12,15,19,25H,7-8H2,1-6H3. The zero-order valence-electron chi connectivity index (χ0n) is 17.4. The second-order valence-electron chi connectivity index (χ2n) is 9.23. The van der Waals surface area contributed by atoms with Crippen molar-refractivity contribution in [3.05, 3.63) is 28.6 Å². The fourth-order valence-corrected chi connectivity index (χ4v) is 5.35. The van der Waals surface area contributed by atoms with Crippen molar-refractivity contribution in [1.29, 1.82) is 5.26 Å². The lowest BCUT2D eigenvalue weighted by Crippen LogP contribution is -2.51. The first kappa shape index (κ1) is 18.9. The minimum absolute atomic E-state index is 0.0493. The van der Waals surface area contributed by atoms with Crippen LogP contribution in [0.3, 0.4) is 0 Å². The van der Waals surface area contributed by atoms with E-state index in [0.717, 1.165) is 24.2 Å². The second-order valence-corrected chi connectivity index (χ2v) is 9.23. The molecular formula is C21H28N6O. The molecule has 0 aromatic carbocycles. The number of nitrogens with zero attached hydrogens (tertiary/aromatic N) is 5. The molecule has 3 unspecified atom stereocenters. The van der Waals surface area contributed by atoms with E-state index in [-0.39, 0.29) is 23.4 Å². The van der Waals surface area contributed by atoms with Gasteiger partial charge in [0.2, 0.25) is 0 Å². The predicted molar refractivity (Wildman–Crippen MR) is 106 cm³/mol. The maximum absolute atomic E-state index is 12.8. The van der Waals surface area contributed by atoms with E-state index in [1.54, 1.807) is 0 Å². The van der Waals surface area contributed by atoms with Gasteiger partial charge in [-0.1, -0.05) is 26.8 Å². The number of hydrazine groups is 1. The molecule has 0 amide bonds. The lowest BCUT2D eigenvalue weighted by molar-refractivity contribution is -0.128. The summed E-state index contributed by atoms with van der Waals surface area (Å²) in [5.41, 5.74) is 5.92. The maximum atomic E-state index is 12.8. The van der Waals surface area contributed by atoms with Gasteiger partial charge in [0.05, 0.1) is 17.0 Å². The molecule has 0 spiro atoms. The summed E-state index contributed by atoms with van der Waals surface area (Å²) in [5, 5.41) is 16.5. The summed E-state index contributed by atoms with van der Waals surface area (Å²) in [4.78, 5) is 17.5. The second kappa shape index (κ2) is 6.02. The fourth-order valence-electron chi connectivity index (χ4n) is 5.35. The Morgan fingerprint density at radius 3 is 2.68 bits per heavy atom. The smallest absolute Gasteiger partial charge is 0.178 e. The van der Waals surface area contributed by atoms with Crippen molar-refractivity contribution >= 4 is 12.1 Å². The van der Waals surface area contributed by atoms with E-state index in [1.165, 1.54) is 5.56 Å². The average Bonchev–Trinajstić information content (AvgIpc) is 3.23. The molecule has 7 nitrogen and oxygen atoms in total. The summed E-state index contributed by atoms with van der Waals surface area (Å²) in [6, 6.07) is 2.44. The highest BCUT2D eigenvalue weighted by Crippen LogP contribution is 2.55. The quantitative estimate of drug-likeness (QED) is 0.852. The average molecular weight is 380 g/mol. The first-order valence-corrected chi connectivity index (χ1v) is 9.93. The normalized spacial score (nSPS) is 30.9. The molecule has 0 fully saturated rings. The topological polar surface area (TPSA) is 86.3 Å². The van der Waals surface area contributed by atoms with Gasteiger partial charge in [0.25, 0.3) is 0 Å². The number of allylic oxidation sites excluding steroid dienone is 2. The van der Waals surface area contributed by atoms with Crippen LogP contribution in [0, 0.1) is 22.7 Å². The summed E-state index contributed by atoms with van der Waals surface area (Å²) >= 11 is 0. The summed E-state index contributed by atoms with van der Waals surface area (Å²) in [5.74, 6) is 0.0683. The van der Waals surface area contributed by atoms with Gasteiger partial charge in [-0.3, -0.25) is 14.5 Å². The molecule has 3 aliphatic rings. The van der Waals surface area contributed by atoms with Crippen molar-refractivity contribution in [2.24, 2.45) is 23.4 Å². The predicted octanol–water partition coefficient (Wildman–Crippen LogP) is 2.55. The fraction of sp³-hybridized carbons (Fsp3) is 0.619. The number of hydrogen-bond donors (Lipinski definition) is 1. The van der Waals surface area contributed by atoms with Crippen molar-refractivity contribution < 1.29 is 4.79 Å². The molecule has 2 heterocycles. The zero-order valence-corrected chi connectivity index (χ0v) is 17.4. The van der Waals surface area contributed by atoms with Gasteiger partial charge in [-0.05, 0) is 32.6 Å². The van der Waals surface area contributed by atoms with Crippen LogP contribution in [0.4, 0.5) is 0 Å². The number of ketones is 1. The van der Waals surface area contributed by atoms with Crippen molar-refractivity contribution in [3.63, 3.8) is 0 Å². The van der Waals surface area contributed by atoms with E-state index in [0.29, 0.717) is 6.04 Å². The Balaban J connectivity index is 1.83. The van der Waals surface area contributed by atoms with Gasteiger partial charge in [0.1, 0.15) is 12.4 Å². The highest BCUT2D eigenvalue weighted by molar-refractivity contribution is 6.04. The lowest BCUT2D eigenvalue weighted by Gasteiger charge is -2.49. The summed E-state index contributed by atoms with van der Waals surface area (Å²) in [6.45, 7) is 10.3. The molecule has 4 rings (SSSR count). The van der Waals surface area contributed by atoms with Gasteiger partial charge in [-0.15, -0.1) is 0 Å². The van der Waals surface area contributed by atoms with Crippen molar-refractivity contribution in [3.8, 4) is 6.07 Å². The van der Waals surface area contributed by atoms with Crippen LogP contribution in [0.1, 0.15) is 64.2 Å². The third kappa shape index (κ3) is 2.40. The maximum Gasteiger partial charge on any atom is 0.178 e. The Labute approximate surface area is 166 Å². The number of Topliss-reactive ketones (excluding diaryl/α,β-unsaturated/α-hetero) is 1. The van der Waals surface area contributed by atoms with Gasteiger partial charge in [-0.25, -0.2) is 10.4 Å². The van der Waals surface area contributed by atoms with Gasteiger partial charge < -0.3 is 0 Å². The van der Waals surface area contributed by atoms with Crippen LogP contribution < -0.4 is 5.43 Å². The number of aliphatic imine (C=N–C) groups is 1. The van der Waals surface area contributed by atoms with Crippen LogP contribution in [0.5, 0.6) is 0 Å². The summed E-state index contributed by atoms with van der Waals surface area (Å²) in [6.07, 6.45) is 5.30. The third-order valence-corrected chi connectivity index (χ3v) is 6.80. The Bertz CT molecular complexity index is 947. The summed E-state index contributed by atoms with van der Waals surface area (Å²) < 4.78 is 1.92. The molecule has 1 aliphatic heterocycles. The van der Waals surface area contributed by atoms with E-state index >= 15 is 0 Å². The van der Waals surface area contributed by atoms with Crippen LogP contribution >= 0.6 is 0 Å². The number of nitriles is 1. The van der Waals surface area contributed by atoms with Crippen LogP contribution in [-0.2, 0) is 23.7 Å². The SMILES string of the molecule is CC(C)N1C=NC(c2c3c(nn2C)C2(C)C=C(C#N)C(=O)C(C)(C)C2CC3)N1. The van der Waals surface area contributed by atoms with Gasteiger partial charge in [0.15, 0.2) is 11.9 Å². The third-order valence-electron chi connectivity index (χ3n) is 6.80. The minimum Gasteiger partial charge on any atom is -0.294 e. The van der Waals surface area contributed by atoms with Gasteiger partial charge in [-0.2, -0.15) is 10.4 Å². The minimum atomic E-state index is -0.581. The number of aromatic nitrogens is 2. The van der Waals surface area contributed by atoms with Crippen LogP contribution in [0.25, 0.3) is 0 Å².